The van der Waals surface area contributed by atoms with E-state index in [9.17, 15) is 0 Å². The second-order valence-electron chi connectivity index (χ2n) is 2.58. The van der Waals surface area contributed by atoms with E-state index in [0.29, 0.717) is 0 Å². The molecule has 0 aromatic rings. The van der Waals surface area contributed by atoms with Crippen molar-refractivity contribution >= 4 is 21.0 Å². The summed E-state index contributed by atoms with van der Waals surface area (Å²) in [7, 11) is 2.70. The van der Waals surface area contributed by atoms with Crippen LogP contribution in [0.2, 0.25) is 0 Å². The molecule has 0 bridgehead atoms. The average molecular weight is 191 g/mol. The zero-order chi connectivity index (χ0) is 8.69. The molecule has 0 aliphatic carbocycles. The summed E-state index contributed by atoms with van der Waals surface area (Å²) >= 11 is 1.84. The first kappa shape index (κ1) is 11.5. The number of thioether (sulfide) groups is 1. The van der Waals surface area contributed by atoms with Crippen LogP contribution < -0.4 is 5.73 Å². The highest BCUT2D eigenvalue weighted by Crippen LogP contribution is 2.10. The summed E-state index contributed by atoms with van der Waals surface area (Å²) in [5.74, 6) is 1.14. The average Bonchev–Trinajstić information content (AvgIpc) is 2.00. The Morgan fingerprint density at radius 2 is 2.36 bits per heavy atom. The van der Waals surface area contributed by atoms with E-state index >= 15 is 0 Å². The van der Waals surface area contributed by atoms with E-state index < -0.39 is 0 Å². The monoisotopic (exact) mass is 191 g/mol. The molecule has 0 aliphatic rings. The van der Waals surface area contributed by atoms with Gasteiger partial charge in [-0.25, -0.2) is 0 Å². The van der Waals surface area contributed by atoms with Gasteiger partial charge in [0.15, 0.2) is 0 Å². The minimum Gasteiger partial charge on any atom is -0.324 e. The maximum Gasteiger partial charge on any atom is 0.0258 e. The minimum absolute atomic E-state index is 0.211. The van der Waals surface area contributed by atoms with E-state index in [4.69, 9.17) is 5.73 Å². The molecule has 2 atom stereocenters. The third-order valence-electron chi connectivity index (χ3n) is 1.62. The second-order valence-corrected chi connectivity index (χ2v) is 4.15. The molecule has 0 amide bonds. The van der Waals surface area contributed by atoms with Gasteiger partial charge in [0.05, 0.1) is 0 Å². The van der Waals surface area contributed by atoms with Gasteiger partial charge in [-0.15, -0.1) is 9.24 Å². The molecule has 0 saturated heterocycles. The van der Waals surface area contributed by atoms with Gasteiger partial charge in [-0.1, -0.05) is 12.2 Å². The van der Waals surface area contributed by atoms with E-state index in [1.807, 2.05) is 11.8 Å². The van der Waals surface area contributed by atoms with Gasteiger partial charge in [0.25, 0.3) is 0 Å². The van der Waals surface area contributed by atoms with Gasteiger partial charge in [0.1, 0.15) is 0 Å². The summed E-state index contributed by atoms with van der Waals surface area (Å²) < 4.78 is 0. The summed E-state index contributed by atoms with van der Waals surface area (Å²) in [6.07, 6.45) is 5.28. The molecule has 0 heterocycles. The van der Waals surface area contributed by atoms with Gasteiger partial charge < -0.3 is 5.73 Å². The zero-order valence-electron chi connectivity index (χ0n) is 7.18. The van der Waals surface area contributed by atoms with E-state index in [1.54, 1.807) is 0 Å². The first-order valence-corrected chi connectivity index (χ1v) is 6.05. The zero-order valence-corrected chi connectivity index (χ0v) is 9.15. The van der Waals surface area contributed by atoms with Crippen LogP contribution in [0.1, 0.15) is 12.8 Å². The predicted molar refractivity (Wildman–Crippen MR) is 59.3 cm³/mol. The number of hydrogen-bond donors (Lipinski definition) is 1. The second kappa shape index (κ2) is 7.15. The first-order chi connectivity index (χ1) is 5.22. The fourth-order valence-electron chi connectivity index (χ4n) is 0.820. The minimum atomic E-state index is 0.211. The normalized spacial score (nSPS) is 13.0. The molecule has 2 N–H and O–H groups in total. The van der Waals surface area contributed by atoms with Crippen molar-refractivity contribution in [2.75, 3.05) is 18.2 Å². The van der Waals surface area contributed by atoms with Crippen molar-refractivity contribution in [1.82, 2.24) is 0 Å². The predicted octanol–water partition coefficient (Wildman–Crippen LogP) is 1.89. The SMILES string of the molecule is C=C(CCP)[C@@H](N)CCSC. The van der Waals surface area contributed by atoms with Crippen LogP contribution in [-0.2, 0) is 0 Å². The summed E-state index contributed by atoms with van der Waals surface area (Å²) in [4.78, 5) is 0. The van der Waals surface area contributed by atoms with Crippen LogP contribution in [0.15, 0.2) is 12.2 Å². The lowest BCUT2D eigenvalue weighted by Gasteiger charge is -2.12. The molecule has 0 radical (unpaired) electrons. The largest absolute Gasteiger partial charge is 0.324 e. The lowest BCUT2D eigenvalue weighted by molar-refractivity contribution is 0.725. The van der Waals surface area contributed by atoms with Gasteiger partial charge in [-0.2, -0.15) is 11.8 Å². The Labute approximate surface area is 76.4 Å². The molecule has 0 aromatic carbocycles. The molecular weight excluding hydrogens is 173 g/mol. The van der Waals surface area contributed by atoms with Gasteiger partial charge >= 0.3 is 0 Å². The van der Waals surface area contributed by atoms with Crippen molar-refractivity contribution in [2.45, 2.75) is 18.9 Å². The molecule has 1 nitrogen and oxygen atoms in total. The Hall–Kier alpha value is 0.480. The van der Waals surface area contributed by atoms with Crippen LogP contribution in [0.4, 0.5) is 0 Å². The molecule has 0 fully saturated rings. The standard InChI is InChI=1S/C8H18NPS/c1-7(3-5-10)8(9)4-6-11-2/h8H,1,3-6,9-10H2,2H3/t8-/m0/s1. The molecule has 66 valence electrons. The summed E-state index contributed by atoms with van der Waals surface area (Å²) in [6, 6.07) is 0.211. The van der Waals surface area contributed by atoms with Crippen LogP contribution in [0.3, 0.4) is 0 Å². The molecule has 1 unspecified atom stereocenters. The van der Waals surface area contributed by atoms with Gasteiger partial charge in [-0.3, -0.25) is 0 Å². The van der Waals surface area contributed by atoms with Crippen LogP contribution in [0, 0.1) is 0 Å². The highest BCUT2D eigenvalue weighted by Gasteiger charge is 2.04. The van der Waals surface area contributed by atoms with Crippen LogP contribution in [0.5, 0.6) is 0 Å². The van der Waals surface area contributed by atoms with Gasteiger partial charge in [0.2, 0.25) is 0 Å². The summed E-state index contributed by atoms with van der Waals surface area (Å²) in [5.41, 5.74) is 7.06. The van der Waals surface area contributed by atoms with E-state index in [0.717, 1.165) is 24.8 Å². The molecule has 0 rings (SSSR count). The molecule has 0 aromatic heterocycles. The van der Waals surface area contributed by atoms with E-state index in [-0.39, 0.29) is 6.04 Å². The van der Waals surface area contributed by atoms with Gasteiger partial charge in [-0.05, 0) is 31.0 Å². The number of rotatable bonds is 6. The third kappa shape index (κ3) is 5.72. The number of hydrogen-bond acceptors (Lipinski definition) is 2. The first-order valence-electron chi connectivity index (χ1n) is 3.84. The van der Waals surface area contributed by atoms with E-state index in [1.165, 1.54) is 5.57 Å². The Balaban J connectivity index is 3.46. The van der Waals surface area contributed by atoms with Crippen molar-refractivity contribution in [2.24, 2.45) is 5.73 Å². The summed E-state index contributed by atoms with van der Waals surface area (Å²) in [5, 5.41) is 0. The topological polar surface area (TPSA) is 26.0 Å². The Kier molecular flexibility index (Phi) is 7.46. The quantitative estimate of drug-likeness (QED) is 0.512. The fraction of sp³-hybridized carbons (Fsp3) is 0.750. The van der Waals surface area contributed by atoms with Crippen molar-refractivity contribution in [3.63, 3.8) is 0 Å². The molecule has 0 aliphatic heterocycles. The fourth-order valence-corrected chi connectivity index (χ4v) is 1.68. The van der Waals surface area contributed by atoms with Crippen LogP contribution in [0.25, 0.3) is 0 Å². The van der Waals surface area contributed by atoms with Crippen molar-refractivity contribution < 1.29 is 0 Å². The molecule has 3 heteroatoms. The van der Waals surface area contributed by atoms with Crippen LogP contribution >= 0.6 is 21.0 Å². The summed E-state index contributed by atoms with van der Waals surface area (Å²) in [6.45, 7) is 3.95. The third-order valence-corrected chi connectivity index (χ3v) is 2.56. The molecular formula is C8H18NPS. The van der Waals surface area contributed by atoms with Crippen molar-refractivity contribution in [3.05, 3.63) is 12.2 Å². The maximum absolute atomic E-state index is 5.87. The van der Waals surface area contributed by atoms with Crippen molar-refractivity contribution in [1.29, 1.82) is 0 Å². The Morgan fingerprint density at radius 3 is 2.82 bits per heavy atom. The van der Waals surface area contributed by atoms with Crippen LogP contribution in [-0.4, -0.2) is 24.2 Å². The highest BCUT2D eigenvalue weighted by atomic mass is 32.2. The van der Waals surface area contributed by atoms with Crippen molar-refractivity contribution in [3.8, 4) is 0 Å². The number of nitrogens with two attached hydrogens (primary N) is 1. The Morgan fingerprint density at radius 1 is 1.73 bits per heavy atom. The highest BCUT2D eigenvalue weighted by molar-refractivity contribution is 7.98. The van der Waals surface area contributed by atoms with E-state index in [2.05, 4.69) is 22.1 Å². The lowest BCUT2D eigenvalue weighted by atomic mass is 10.1. The smallest absolute Gasteiger partial charge is 0.0258 e. The molecule has 0 saturated carbocycles. The molecule has 11 heavy (non-hydrogen) atoms. The molecule has 0 spiro atoms. The maximum atomic E-state index is 5.87. The van der Waals surface area contributed by atoms with Gasteiger partial charge in [0, 0.05) is 6.04 Å². The Bertz CT molecular complexity index is 117. The lowest BCUT2D eigenvalue weighted by Crippen LogP contribution is -2.23.